The fourth-order valence-electron chi connectivity index (χ4n) is 4.00. The molecule has 2 N–H and O–H groups in total. The van der Waals surface area contributed by atoms with Gasteiger partial charge in [0.2, 0.25) is 0 Å². The van der Waals surface area contributed by atoms with Crippen molar-refractivity contribution in [1.29, 1.82) is 0 Å². The number of nitrogens with one attached hydrogen (secondary N) is 2. The largest absolute Gasteiger partial charge is 0.493 e. The fourth-order valence-corrected chi connectivity index (χ4v) is 4.24. The molecule has 0 aliphatic rings. The lowest BCUT2D eigenvalue weighted by molar-refractivity contribution is 0.252. The van der Waals surface area contributed by atoms with Crippen molar-refractivity contribution in [2.24, 2.45) is 5.10 Å². The van der Waals surface area contributed by atoms with Crippen molar-refractivity contribution in [2.45, 2.75) is 20.0 Å². The minimum absolute atomic E-state index is 0.395. The SMILES string of the molecule is C=CCc1cc(/C=N/NC(=O)Nc2ccc(Br)c(C)c2)cc(OC)c1OCc1cccc2ccccc12. The van der Waals surface area contributed by atoms with E-state index in [9.17, 15) is 4.79 Å². The summed E-state index contributed by atoms with van der Waals surface area (Å²) in [5.41, 5.74) is 6.95. The summed E-state index contributed by atoms with van der Waals surface area (Å²) in [5, 5.41) is 9.18. The smallest absolute Gasteiger partial charge is 0.339 e. The predicted molar refractivity (Wildman–Crippen MR) is 154 cm³/mol. The van der Waals surface area contributed by atoms with Gasteiger partial charge in [0.05, 0.1) is 13.3 Å². The van der Waals surface area contributed by atoms with Crippen molar-refractivity contribution in [3.05, 3.63) is 112 Å². The van der Waals surface area contributed by atoms with Crippen LogP contribution >= 0.6 is 15.9 Å². The second kappa shape index (κ2) is 12.2. The fraction of sp³-hybridized carbons (Fsp3) is 0.133. The van der Waals surface area contributed by atoms with Gasteiger partial charge in [0, 0.05) is 15.7 Å². The Labute approximate surface area is 225 Å². The second-order valence-electron chi connectivity index (χ2n) is 8.42. The Bertz CT molecular complexity index is 1460. The maximum absolute atomic E-state index is 12.3. The Hall–Kier alpha value is -4.10. The van der Waals surface area contributed by atoms with Gasteiger partial charge in [0.15, 0.2) is 11.5 Å². The van der Waals surface area contributed by atoms with Crippen molar-refractivity contribution < 1.29 is 14.3 Å². The van der Waals surface area contributed by atoms with Crippen LogP contribution in [-0.2, 0) is 13.0 Å². The molecular weight excluding hydrogens is 530 g/mol. The van der Waals surface area contributed by atoms with Crippen LogP contribution in [0.4, 0.5) is 10.5 Å². The molecule has 0 spiro atoms. The molecule has 2 amide bonds. The lowest BCUT2D eigenvalue weighted by atomic mass is 10.0. The van der Waals surface area contributed by atoms with Crippen LogP contribution < -0.4 is 20.2 Å². The monoisotopic (exact) mass is 557 g/mol. The molecule has 0 aromatic heterocycles. The third-order valence-electron chi connectivity index (χ3n) is 5.79. The number of hydrogen-bond acceptors (Lipinski definition) is 4. The Balaban J connectivity index is 1.49. The van der Waals surface area contributed by atoms with Gasteiger partial charge in [-0.15, -0.1) is 6.58 Å². The first-order valence-electron chi connectivity index (χ1n) is 11.8. The van der Waals surface area contributed by atoms with E-state index < -0.39 is 6.03 Å². The van der Waals surface area contributed by atoms with Crippen molar-refractivity contribution in [1.82, 2.24) is 5.43 Å². The Morgan fingerprint density at radius 3 is 2.65 bits per heavy atom. The highest BCUT2D eigenvalue weighted by Gasteiger charge is 2.13. The molecule has 0 aliphatic carbocycles. The summed E-state index contributed by atoms with van der Waals surface area (Å²) < 4.78 is 12.9. The van der Waals surface area contributed by atoms with Gasteiger partial charge in [-0.3, -0.25) is 0 Å². The molecule has 0 atom stereocenters. The lowest BCUT2D eigenvalue weighted by Crippen LogP contribution is -2.24. The van der Waals surface area contributed by atoms with Crippen molar-refractivity contribution in [3.63, 3.8) is 0 Å². The average Bonchev–Trinajstić information content (AvgIpc) is 2.90. The van der Waals surface area contributed by atoms with Crippen LogP contribution in [0.2, 0.25) is 0 Å². The summed E-state index contributed by atoms with van der Waals surface area (Å²) in [4.78, 5) is 12.3. The van der Waals surface area contributed by atoms with Gasteiger partial charge in [0.1, 0.15) is 6.61 Å². The van der Waals surface area contributed by atoms with Crippen molar-refractivity contribution in [3.8, 4) is 11.5 Å². The third-order valence-corrected chi connectivity index (χ3v) is 6.68. The molecule has 7 heteroatoms. The number of nitrogens with zero attached hydrogens (tertiary/aromatic N) is 1. The highest BCUT2D eigenvalue weighted by atomic mass is 79.9. The number of urea groups is 1. The maximum Gasteiger partial charge on any atom is 0.339 e. The van der Waals surface area contributed by atoms with Gasteiger partial charge in [-0.1, -0.05) is 64.5 Å². The molecule has 0 heterocycles. The highest BCUT2D eigenvalue weighted by molar-refractivity contribution is 9.10. The van der Waals surface area contributed by atoms with Gasteiger partial charge >= 0.3 is 6.03 Å². The first-order valence-corrected chi connectivity index (χ1v) is 12.5. The van der Waals surface area contributed by atoms with E-state index >= 15 is 0 Å². The topological polar surface area (TPSA) is 72.0 Å². The first kappa shape index (κ1) is 26.0. The number of amides is 2. The number of hydrogen-bond donors (Lipinski definition) is 2. The summed E-state index contributed by atoms with van der Waals surface area (Å²) >= 11 is 3.45. The molecule has 6 nitrogen and oxygen atoms in total. The zero-order valence-electron chi connectivity index (χ0n) is 20.8. The Kier molecular flexibility index (Phi) is 8.59. The normalized spacial score (nSPS) is 10.9. The molecule has 0 unspecified atom stereocenters. The van der Waals surface area contributed by atoms with Crippen LogP contribution in [0.5, 0.6) is 11.5 Å². The number of halogens is 1. The Morgan fingerprint density at radius 2 is 1.86 bits per heavy atom. The third kappa shape index (κ3) is 6.57. The number of rotatable bonds is 9. The summed E-state index contributed by atoms with van der Waals surface area (Å²) in [6.07, 6.45) is 3.96. The summed E-state index contributed by atoms with van der Waals surface area (Å²) in [6, 6.07) is 23.3. The molecule has 4 aromatic rings. The molecular formula is C30H28BrN3O3. The number of hydrazone groups is 1. The van der Waals surface area contributed by atoms with Crippen LogP contribution in [0.1, 0.15) is 22.3 Å². The minimum atomic E-state index is -0.439. The van der Waals surface area contributed by atoms with E-state index in [1.54, 1.807) is 13.3 Å². The molecule has 0 radical (unpaired) electrons. The summed E-state index contributed by atoms with van der Waals surface area (Å²) in [7, 11) is 1.60. The average molecular weight is 558 g/mol. The number of methoxy groups -OCH3 is 1. The number of anilines is 1. The summed E-state index contributed by atoms with van der Waals surface area (Å²) in [5.74, 6) is 1.24. The van der Waals surface area contributed by atoms with Gasteiger partial charge in [-0.05, 0) is 71.1 Å². The number of aryl methyl sites for hydroxylation is 1. The first-order chi connectivity index (χ1) is 18.0. The van der Waals surface area contributed by atoms with E-state index in [-0.39, 0.29) is 0 Å². The number of ether oxygens (including phenoxy) is 2. The van der Waals surface area contributed by atoms with E-state index in [0.717, 1.165) is 32.1 Å². The highest BCUT2D eigenvalue weighted by Crippen LogP contribution is 2.34. The lowest BCUT2D eigenvalue weighted by Gasteiger charge is -2.16. The second-order valence-corrected chi connectivity index (χ2v) is 9.27. The quantitative estimate of drug-likeness (QED) is 0.128. The van der Waals surface area contributed by atoms with Gasteiger partial charge < -0.3 is 14.8 Å². The molecule has 188 valence electrons. The standard InChI is InChI=1S/C30H28BrN3O3/c1-4-8-23-16-21(18-32-34-30(35)33-25-13-14-27(31)20(2)15-25)17-28(36-3)29(23)37-19-24-11-7-10-22-9-5-6-12-26(22)24/h4-7,9-18H,1,8,19H2,2-3H3,(H2,33,34,35)/b32-18+. The van der Waals surface area contributed by atoms with E-state index in [1.807, 2.05) is 61.5 Å². The molecule has 0 bridgehead atoms. The number of carbonyl (C=O) groups excluding carboxylic acids is 1. The Morgan fingerprint density at radius 1 is 1.05 bits per heavy atom. The number of carbonyl (C=O) groups is 1. The van der Waals surface area contributed by atoms with Gasteiger partial charge in [0.25, 0.3) is 0 Å². The van der Waals surface area contributed by atoms with E-state index in [2.05, 4.69) is 62.6 Å². The number of allylic oxidation sites excluding steroid dienone is 1. The van der Waals surface area contributed by atoms with E-state index in [0.29, 0.717) is 30.2 Å². The van der Waals surface area contributed by atoms with Crippen LogP contribution in [0.3, 0.4) is 0 Å². The van der Waals surface area contributed by atoms with Crippen LogP contribution in [0, 0.1) is 6.92 Å². The van der Waals surface area contributed by atoms with Gasteiger partial charge in [-0.2, -0.15) is 5.10 Å². The predicted octanol–water partition coefficient (Wildman–Crippen LogP) is 7.38. The molecule has 4 aromatic carbocycles. The van der Waals surface area contributed by atoms with E-state index in [4.69, 9.17) is 9.47 Å². The molecule has 4 rings (SSSR count). The molecule has 0 saturated heterocycles. The zero-order chi connectivity index (χ0) is 26.2. The number of fused-ring (bicyclic) bond motifs is 1. The van der Waals surface area contributed by atoms with E-state index in [1.165, 1.54) is 5.39 Å². The minimum Gasteiger partial charge on any atom is -0.493 e. The summed E-state index contributed by atoms with van der Waals surface area (Å²) in [6.45, 7) is 6.23. The van der Waals surface area contributed by atoms with Gasteiger partial charge in [-0.25, -0.2) is 10.2 Å². The number of benzene rings is 4. The molecule has 37 heavy (non-hydrogen) atoms. The van der Waals surface area contributed by atoms with Crippen LogP contribution in [0.15, 0.2) is 95.0 Å². The molecule has 0 fully saturated rings. The zero-order valence-corrected chi connectivity index (χ0v) is 22.3. The van der Waals surface area contributed by atoms with Crippen LogP contribution in [-0.4, -0.2) is 19.4 Å². The maximum atomic E-state index is 12.3. The van der Waals surface area contributed by atoms with Crippen molar-refractivity contribution >= 4 is 44.6 Å². The van der Waals surface area contributed by atoms with Crippen molar-refractivity contribution in [2.75, 3.05) is 12.4 Å². The van der Waals surface area contributed by atoms with Crippen LogP contribution in [0.25, 0.3) is 10.8 Å². The molecule has 0 aliphatic heterocycles. The molecule has 0 saturated carbocycles.